The molecular weight excluding hydrogens is 388 g/mol. The number of hydrogen-bond donors (Lipinski definition) is 1. The van der Waals surface area contributed by atoms with E-state index in [4.69, 9.17) is 9.47 Å². The van der Waals surface area contributed by atoms with Gasteiger partial charge in [0.25, 0.3) is 0 Å². The molecule has 0 aromatic rings. The smallest absolute Gasteiger partial charge is 0.159 e. The van der Waals surface area contributed by atoms with Crippen LogP contribution in [0.4, 0.5) is 0 Å². The van der Waals surface area contributed by atoms with Gasteiger partial charge in [0.2, 0.25) is 0 Å². The highest BCUT2D eigenvalue weighted by atomic mass is 16.5. The molecule has 4 heteroatoms. The first-order valence-electron chi connectivity index (χ1n) is 12.1. The van der Waals surface area contributed by atoms with E-state index >= 15 is 0 Å². The second kappa shape index (κ2) is 8.96. The fourth-order valence-electron chi connectivity index (χ4n) is 7.20. The van der Waals surface area contributed by atoms with E-state index in [0.717, 1.165) is 19.3 Å². The second-order valence-corrected chi connectivity index (χ2v) is 10.7. The van der Waals surface area contributed by atoms with Crippen molar-refractivity contribution in [1.29, 1.82) is 0 Å². The minimum absolute atomic E-state index is 0.0217. The van der Waals surface area contributed by atoms with Gasteiger partial charge in [0, 0.05) is 26.1 Å². The van der Waals surface area contributed by atoms with Gasteiger partial charge in [-0.1, -0.05) is 35.8 Å². The Labute approximate surface area is 187 Å². The molecule has 2 saturated carbocycles. The van der Waals surface area contributed by atoms with Gasteiger partial charge in [0.1, 0.15) is 6.10 Å². The molecule has 0 aromatic heterocycles. The van der Waals surface area contributed by atoms with Crippen molar-refractivity contribution in [3.8, 4) is 0 Å². The summed E-state index contributed by atoms with van der Waals surface area (Å²) in [6.07, 6.45) is 12.9. The zero-order chi connectivity index (χ0) is 22.3. The predicted molar refractivity (Wildman–Crippen MR) is 123 cm³/mol. The van der Waals surface area contributed by atoms with Gasteiger partial charge in [-0.25, -0.2) is 0 Å². The Kier molecular flexibility index (Phi) is 6.63. The number of methoxy groups -OCH3 is 2. The van der Waals surface area contributed by atoms with Gasteiger partial charge >= 0.3 is 0 Å². The lowest BCUT2D eigenvalue weighted by atomic mass is 9.58. The van der Waals surface area contributed by atoms with Crippen LogP contribution in [0.3, 0.4) is 0 Å². The summed E-state index contributed by atoms with van der Waals surface area (Å²) in [5.74, 6) is 1.59. The van der Waals surface area contributed by atoms with Gasteiger partial charge < -0.3 is 14.6 Å². The van der Waals surface area contributed by atoms with Crippen molar-refractivity contribution < 1.29 is 19.4 Å². The lowest BCUT2D eigenvalue weighted by Crippen LogP contribution is -2.38. The number of aliphatic hydroxyl groups is 1. The molecule has 0 saturated heterocycles. The van der Waals surface area contributed by atoms with E-state index in [2.05, 4.69) is 32.9 Å². The Hall–Kier alpha value is -1.23. The van der Waals surface area contributed by atoms with Crippen LogP contribution in [0.15, 0.2) is 34.9 Å². The van der Waals surface area contributed by atoms with Crippen LogP contribution in [-0.4, -0.2) is 43.4 Å². The zero-order valence-electron chi connectivity index (χ0n) is 19.9. The Morgan fingerprint density at radius 2 is 2.03 bits per heavy atom. The van der Waals surface area contributed by atoms with Gasteiger partial charge in [-0.05, 0) is 82.1 Å². The summed E-state index contributed by atoms with van der Waals surface area (Å²) in [7, 11) is 3.48. The van der Waals surface area contributed by atoms with E-state index in [9.17, 15) is 9.90 Å². The summed E-state index contributed by atoms with van der Waals surface area (Å²) in [6, 6.07) is 0. The Bertz CT molecular complexity index is 793. The highest BCUT2D eigenvalue weighted by molar-refractivity contribution is 5.93. The molecule has 0 heterocycles. The SMILES string of the molecule is COC(C)C(C=C(C)C1CCC2C3=CC(=O)C4CC(=CCC(O)C4)C3CCC12C)OC. The molecular formula is C27H40O4. The minimum atomic E-state index is -0.373. The van der Waals surface area contributed by atoms with Crippen LogP contribution in [0.1, 0.15) is 65.7 Å². The quantitative estimate of drug-likeness (QED) is 0.625. The van der Waals surface area contributed by atoms with Crippen LogP contribution < -0.4 is 0 Å². The van der Waals surface area contributed by atoms with Crippen molar-refractivity contribution in [3.05, 3.63) is 34.9 Å². The molecule has 0 spiro atoms. The van der Waals surface area contributed by atoms with Gasteiger partial charge in [-0.2, -0.15) is 0 Å². The lowest BCUT2D eigenvalue weighted by molar-refractivity contribution is -0.119. The van der Waals surface area contributed by atoms with Crippen molar-refractivity contribution >= 4 is 5.78 Å². The molecule has 4 aliphatic rings. The average Bonchev–Trinajstić information content (AvgIpc) is 2.90. The van der Waals surface area contributed by atoms with E-state index in [1.54, 1.807) is 14.2 Å². The topological polar surface area (TPSA) is 55.8 Å². The number of carbonyl (C=O) groups excluding carboxylic acids is 1. The summed E-state index contributed by atoms with van der Waals surface area (Å²) in [6.45, 7) is 6.76. The number of fused-ring (bicyclic) bond motifs is 6. The largest absolute Gasteiger partial charge is 0.393 e. The van der Waals surface area contributed by atoms with Gasteiger partial charge in [-0.3, -0.25) is 4.79 Å². The van der Waals surface area contributed by atoms with Crippen LogP contribution in [0, 0.1) is 29.1 Å². The predicted octanol–water partition coefficient (Wildman–Crippen LogP) is 5.02. The minimum Gasteiger partial charge on any atom is -0.393 e. The molecule has 4 nitrogen and oxygen atoms in total. The molecule has 4 rings (SSSR count). The van der Waals surface area contributed by atoms with Crippen LogP contribution >= 0.6 is 0 Å². The molecule has 0 aromatic carbocycles. The fraction of sp³-hybridized carbons (Fsp3) is 0.741. The highest BCUT2D eigenvalue weighted by Crippen LogP contribution is 2.62. The standard InChI is InChI=1S/C27H40O4/c1-16(12-26(31-5)17(2)30-4)23-8-9-24-22-15-25(29)19-13-18(6-7-20(28)14-19)21(22)10-11-27(23,24)3/h6,12,15,17,19-21,23-24,26,28H,7-11,13-14H2,1-5H3. The van der Waals surface area contributed by atoms with Crippen LogP contribution in [0.5, 0.6) is 0 Å². The lowest BCUT2D eigenvalue weighted by Gasteiger charge is -2.46. The molecule has 172 valence electrons. The zero-order valence-corrected chi connectivity index (χ0v) is 19.9. The number of ketones is 1. The summed E-state index contributed by atoms with van der Waals surface area (Å²) >= 11 is 0. The molecule has 2 bridgehead atoms. The third-order valence-electron chi connectivity index (χ3n) is 9.05. The number of allylic oxidation sites excluding steroid dienone is 4. The first-order chi connectivity index (χ1) is 14.8. The summed E-state index contributed by atoms with van der Waals surface area (Å²) in [4.78, 5) is 13.1. The van der Waals surface area contributed by atoms with Crippen LogP contribution in [0.25, 0.3) is 0 Å². The number of rotatable bonds is 5. The first kappa shape index (κ1) is 22.9. The van der Waals surface area contributed by atoms with E-state index in [-0.39, 0.29) is 35.4 Å². The van der Waals surface area contributed by atoms with Crippen molar-refractivity contribution in [2.45, 2.75) is 84.0 Å². The van der Waals surface area contributed by atoms with Crippen LogP contribution in [0.2, 0.25) is 0 Å². The number of hydrogen-bond acceptors (Lipinski definition) is 4. The number of carbonyl (C=O) groups is 1. The summed E-state index contributed by atoms with van der Waals surface area (Å²) in [5, 5.41) is 10.2. The normalized spacial score (nSPS) is 40.1. The van der Waals surface area contributed by atoms with E-state index in [0.29, 0.717) is 30.6 Å². The van der Waals surface area contributed by atoms with Gasteiger partial charge in [0.15, 0.2) is 5.78 Å². The third-order valence-corrected chi connectivity index (χ3v) is 9.05. The highest BCUT2D eigenvalue weighted by Gasteiger charge is 2.53. The van der Waals surface area contributed by atoms with Crippen molar-refractivity contribution in [1.82, 2.24) is 0 Å². The Balaban J connectivity index is 1.63. The van der Waals surface area contributed by atoms with Crippen molar-refractivity contribution in [2.24, 2.45) is 29.1 Å². The van der Waals surface area contributed by atoms with Crippen molar-refractivity contribution in [2.75, 3.05) is 14.2 Å². The third kappa shape index (κ3) is 4.12. The van der Waals surface area contributed by atoms with Gasteiger partial charge in [-0.15, -0.1) is 0 Å². The molecule has 0 radical (unpaired) electrons. The molecule has 31 heavy (non-hydrogen) atoms. The van der Waals surface area contributed by atoms with E-state index in [1.807, 2.05) is 6.08 Å². The Morgan fingerprint density at radius 3 is 2.74 bits per heavy atom. The maximum Gasteiger partial charge on any atom is 0.159 e. The first-order valence-corrected chi connectivity index (χ1v) is 12.1. The molecule has 8 atom stereocenters. The Morgan fingerprint density at radius 1 is 1.26 bits per heavy atom. The molecule has 0 aliphatic heterocycles. The maximum atomic E-state index is 13.1. The molecule has 0 amide bonds. The van der Waals surface area contributed by atoms with Crippen LogP contribution in [-0.2, 0) is 14.3 Å². The molecule has 4 aliphatic carbocycles. The second-order valence-electron chi connectivity index (χ2n) is 10.7. The van der Waals surface area contributed by atoms with Gasteiger partial charge in [0.05, 0.1) is 12.2 Å². The van der Waals surface area contributed by atoms with Crippen molar-refractivity contribution in [3.63, 3.8) is 0 Å². The van der Waals surface area contributed by atoms with E-state index in [1.165, 1.54) is 29.6 Å². The average molecular weight is 429 g/mol. The molecule has 2 fully saturated rings. The maximum absolute atomic E-state index is 13.1. The number of aliphatic hydroxyl groups excluding tert-OH is 1. The monoisotopic (exact) mass is 428 g/mol. The van der Waals surface area contributed by atoms with E-state index < -0.39 is 0 Å². The summed E-state index contributed by atoms with van der Waals surface area (Å²) in [5.41, 5.74) is 4.40. The summed E-state index contributed by atoms with van der Waals surface area (Å²) < 4.78 is 11.2. The molecule has 1 N–H and O–H groups in total. The fourth-order valence-corrected chi connectivity index (χ4v) is 7.20. The number of ether oxygens (including phenoxy) is 2. The molecule has 8 unspecified atom stereocenters.